The van der Waals surface area contributed by atoms with Crippen molar-refractivity contribution >= 4 is 5.95 Å². The van der Waals surface area contributed by atoms with Gasteiger partial charge in [-0.25, -0.2) is 15.1 Å². The van der Waals surface area contributed by atoms with E-state index in [4.69, 9.17) is 0 Å². The smallest absolute Gasteiger partial charge is 0.257 e. The van der Waals surface area contributed by atoms with Gasteiger partial charge in [-0.15, -0.1) is 5.10 Å². The molecule has 2 heterocycles. The molecule has 14 heavy (non-hydrogen) atoms. The summed E-state index contributed by atoms with van der Waals surface area (Å²) in [6, 6.07) is 0. The average Bonchev–Trinajstić information content (AvgIpc) is 2.69. The number of anilines is 1. The van der Waals surface area contributed by atoms with E-state index >= 15 is 0 Å². The maximum absolute atomic E-state index is 10.0. The van der Waals surface area contributed by atoms with E-state index < -0.39 is 5.03 Å². The molecular formula is C4H4N8O2. The van der Waals surface area contributed by atoms with E-state index in [9.17, 15) is 10.1 Å². The number of hydrazine groups is 1. The Kier molecular flexibility index (Phi) is 1.78. The first-order valence-electron chi connectivity index (χ1n) is 3.45. The predicted molar refractivity (Wildman–Crippen MR) is 42.4 cm³/mol. The fourth-order valence-electron chi connectivity index (χ4n) is 0.819. The summed E-state index contributed by atoms with van der Waals surface area (Å²) in [6.45, 7) is 0. The van der Waals surface area contributed by atoms with E-state index in [1.54, 1.807) is 5.43 Å². The number of aromatic nitrogens is 6. The van der Waals surface area contributed by atoms with Crippen molar-refractivity contribution in [1.29, 1.82) is 0 Å². The van der Waals surface area contributed by atoms with E-state index in [1.807, 2.05) is 0 Å². The molecular weight excluding hydrogens is 192 g/mol. The molecule has 72 valence electrons. The Balaban J connectivity index is 2.22. The molecule has 0 aliphatic rings. The van der Waals surface area contributed by atoms with E-state index in [2.05, 4.69) is 30.4 Å². The number of H-pyrrole nitrogens is 2. The van der Waals surface area contributed by atoms with Crippen molar-refractivity contribution in [2.45, 2.75) is 0 Å². The summed E-state index contributed by atoms with van der Waals surface area (Å²) in [5.74, 6) is 0.488. The van der Waals surface area contributed by atoms with Gasteiger partial charge in [-0.2, -0.15) is 10.1 Å². The Morgan fingerprint density at radius 1 is 1.43 bits per heavy atom. The van der Waals surface area contributed by atoms with Crippen LogP contribution in [0, 0.1) is 10.1 Å². The van der Waals surface area contributed by atoms with Crippen LogP contribution in [0.2, 0.25) is 0 Å². The number of hydrogen-bond donors (Lipinski definition) is 3. The van der Waals surface area contributed by atoms with Crippen molar-refractivity contribution in [2.75, 3.05) is 5.43 Å². The van der Waals surface area contributed by atoms with Crippen LogP contribution >= 0.6 is 0 Å². The number of nitro groups is 1. The maximum atomic E-state index is 10.0. The standard InChI is InChI=1S/C4H4N8O2/c13-12(14)11-4-7-3(9-10-4)2-5-1-6-8-2/h1H,(H,5,6,8)(H2,7,9,10,11). The van der Waals surface area contributed by atoms with Crippen molar-refractivity contribution in [2.24, 2.45) is 0 Å². The van der Waals surface area contributed by atoms with Crippen LogP contribution in [0.3, 0.4) is 0 Å². The van der Waals surface area contributed by atoms with Crippen LogP contribution in [0.4, 0.5) is 5.95 Å². The monoisotopic (exact) mass is 196 g/mol. The molecule has 3 N–H and O–H groups in total. The first-order valence-corrected chi connectivity index (χ1v) is 3.45. The molecule has 2 rings (SSSR count). The summed E-state index contributed by atoms with van der Waals surface area (Å²) in [6.07, 6.45) is 1.29. The molecule has 0 aromatic carbocycles. The molecule has 2 aromatic rings. The van der Waals surface area contributed by atoms with E-state index in [0.717, 1.165) is 0 Å². The number of nitrogens with zero attached hydrogens (tertiary/aromatic N) is 5. The summed E-state index contributed by atoms with van der Waals surface area (Å²) in [4.78, 5) is 17.5. The number of rotatable bonds is 3. The molecule has 0 unspecified atom stereocenters. The van der Waals surface area contributed by atoms with Gasteiger partial charge in [-0.3, -0.25) is 10.2 Å². The fourth-order valence-corrected chi connectivity index (χ4v) is 0.819. The van der Waals surface area contributed by atoms with Gasteiger partial charge in [0.05, 0.1) is 0 Å². The zero-order valence-corrected chi connectivity index (χ0v) is 6.63. The SMILES string of the molecule is O=[N+]([O-])Nc1n[nH]c(-c2ncn[nH]2)n1. The fraction of sp³-hybridized carbons (Fsp3) is 0. The normalized spacial score (nSPS) is 10.0. The molecule has 0 aliphatic carbocycles. The molecule has 0 spiro atoms. The summed E-state index contributed by atoms with van der Waals surface area (Å²) in [7, 11) is 0. The molecule has 0 radical (unpaired) electrons. The van der Waals surface area contributed by atoms with Crippen molar-refractivity contribution in [3.05, 3.63) is 16.4 Å². The Hall–Kier alpha value is -2.52. The van der Waals surface area contributed by atoms with Crippen LogP contribution in [0.25, 0.3) is 11.6 Å². The van der Waals surface area contributed by atoms with Crippen molar-refractivity contribution in [1.82, 2.24) is 30.4 Å². The third kappa shape index (κ3) is 1.48. The van der Waals surface area contributed by atoms with Gasteiger partial charge in [0, 0.05) is 0 Å². The third-order valence-corrected chi connectivity index (χ3v) is 1.32. The highest BCUT2D eigenvalue weighted by atomic mass is 16.7. The Morgan fingerprint density at radius 3 is 2.93 bits per heavy atom. The maximum Gasteiger partial charge on any atom is 0.304 e. The molecule has 0 amide bonds. The van der Waals surface area contributed by atoms with Gasteiger partial charge in [0.1, 0.15) is 6.33 Å². The summed E-state index contributed by atoms with van der Waals surface area (Å²) < 4.78 is 0. The molecule has 0 bridgehead atoms. The Morgan fingerprint density at radius 2 is 2.29 bits per heavy atom. The van der Waals surface area contributed by atoms with Gasteiger partial charge in [0.25, 0.3) is 0 Å². The lowest BCUT2D eigenvalue weighted by molar-refractivity contribution is -0.446. The van der Waals surface area contributed by atoms with Gasteiger partial charge in [0.15, 0.2) is 16.7 Å². The highest BCUT2D eigenvalue weighted by Crippen LogP contribution is 2.08. The van der Waals surface area contributed by atoms with Crippen LogP contribution in [0.1, 0.15) is 0 Å². The molecule has 10 heteroatoms. The first kappa shape index (κ1) is 8.10. The third-order valence-electron chi connectivity index (χ3n) is 1.32. The largest absolute Gasteiger partial charge is 0.304 e. The minimum Gasteiger partial charge on any atom is -0.257 e. The summed E-state index contributed by atoms with van der Waals surface area (Å²) >= 11 is 0. The van der Waals surface area contributed by atoms with Gasteiger partial charge in [-0.05, 0) is 0 Å². The van der Waals surface area contributed by atoms with E-state index in [-0.39, 0.29) is 11.8 Å². The number of nitrogens with one attached hydrogen (secondary N) is 3. The Bertz CT molecular complexity index is 432. The minimum atomic E-state index is -0.757. The second-order valence-electron chi connectivity index (χ2n) is 2.21. The first-order chi connectivity index (χ1) is 6.75. The lowest BCUT2D eigenvalue weighted by Crippen LogP contribution is -2.08. The lowest BCUT2D eigenvalue weighted by Gasteiger charge is -1.86. The van der Waals surface area contributed by atoms with Crippen LogP contribution in [0.5, 0.6) is 0 Å². The van der Waals surface area contributed by atoms with E-state index in [1.165, 1.54) is 6.33 Å². The zero-order valence-electron chi connectivity index (χ0n) is 6.63. The lowest BCUT2D eigenvalue weighted by atomic mass is 10.6. The van der Waals surface area contributed by atoms with Crippen LogP contribution < -0.4 is 5.43 Å². The molecule has 0 atom stereocenters. The van der Waals surface area contributed by atoms with Crippen LogP contribution in [-0.2, 0) is 0 Å². The van der Waals surface area contributed by atoms with Gasteiger partial charge < -0.3 is 0 Å². The van der Waals surface area contributed by atoms with Gasteiger partial charge in [-0.1, -0.05) is 5.43 Å². The number of hydrogen-bond acceptors (Lipinski definition) is 6. The highest BCUT2D eigenvalue weighted by Gasteiger charge is 2.10. The second kappa shape index (κ2) is 3.08. The molecule has 0 aliphatic heterocycles. The zero-order chi connectivity index (χ0) is 9.97. The van der Waals surface area contributed by atoms with Crippen molar-refractivity contribution < 1.29 is 5.03 Å². The summed E-state index contributed by atoms with van der Waals surface area (Å²) in [5.41, 5.74) is 1.79. The van der Waals surface area contributed by atoms with Crippen molar-refractivity contribution in [3.8, 4) is 11.6 Å². The van der Waals surface area contributed by atoms with Crippen molar-refractivity contribution in [3.63, 3.8) is 0 Å². The molecule has 0 fully saturated rings. The topological polar surface area (TPSA) is 138 Å². The predicted octanol–water partition coefficient (Wildman–Crippen LogP) is -0.807. The molecule has 10 nitrogen and oxygen atoms in total. The molecule has 0 saturated heterocycles. The second-order valence-corrected chi connectivity index (χ2v) is 2.21. The molecule has 2 aromatic heterocycles. The summed E-state index contributed by atoms with van der Waals surface area (Å²) in [5, 5.41) is 21.4. The van der Waals surface area contributed by atoms with Gasteiger partial charge in [0.2, 0.25) is 0 Å². The molecule has 0 saturated carbocycles. The average molecular weight is 196 g/mol. The quantitative estimate of drug-likeness (QED) is 0.431. The van der Waals surface area contributed by atoms with Gasteiger partial charge >= 0.3 is 5.95 Å². The van der Waals surface area contributed by atoms with Crippen LogP contribution in [0.15, 0.2) is 6.33 Å². The Labute approximate surface area is 75.9 Å². The number of aromatic amines is 2. The van der Waals surface area contributed by atoms with Crippen LogP contribution in [-0.4, -0.2) is 35.4 Å². The minimum absolute atomic E-state index is 0.138. The highest BCUT2D eigenvalue weighted by molar-refractivity contribution is 5.43. The van der Waals surface area contributed by atoms with E-state index in [0.29, 0.717) is 5.82 Å².